The van der Waals surface area contributed by atoms with Crippen LogP contribution in [0.3, 0.4) is 0 Å². The first-order valence-corrected chi connectivity index (χ1v) is 12.8. The molecule has 5 rings (SSSR count). The number of pyridine rings is 1. The number of amides is 1. The molecule has 0 spiro atoms. The van der Waals surface area contributed by atoms with Crippen LogP contribution in [0.4, 0.5) is 0 Å². The molecule has 1 atom stereocenters. The Morgan fingerprint density at radius 3 is 2.38 bits per heavy atom. The summed E-state index contributed by atoms with van der Waals surface area (Å²) in [5.41, 5.74) is 5.49. The van der Waals surface area contributed by atoms with Gasteiger partial charge in [0.2, 0.25) is 0 Å². The third-order valence-electron chi connectivity index (χ3n) is 6.40. The van der Waals surface area contributed by atoms with E-state index < -0.39 is 17.9 Å². The standard InChI is InChI=1S/C31H26ClN3O4/c1-20-15-29-33-28(18-35(29)17-26(20)23-9-11-24(32)12-10-23)30(36)34-27(31(37)38)16-21-7-13-25(14-8-21)39-19-22-5-3-2-4-6-22/h2-15,17-18,27H,16,19H2,1H3,(H,34,36)(H,37,38). The molecule has 0 aliphatic rings. The lowest BCUT2D eigenvalue weighted by Gasteiger charge is -2.14. The fraction of sp³-hybridized carbons (Fsp3) is 0.129. The first-order chi connectivity index (χ1) is 18.9. The molecule has 1 unspecified atom stereocenters. The number of aryl methyl sites for hydroxylation is 1. The zero-order valence-electron chi connectivity index (χ0n) is 21.2. The number of benzene rings is 3. The fourth-order valence-corrected chi connectivity index (χ4v) is 4.43. The number of hydrogen-bond acceptors (Lipinski definition) is 4. The van der Waals surface area contributed by atoms with Crippen molar-refractivity contribution in [1.82, 2.24) is 14.7 Å². The van der Waals surface area contributed by atoms with Gasteiger partial charge in [0.1, 0.15) is 29.7 Å². The lowest BCUT2D eigenvalue weighted by atomic mass is 10.0. The van der Waals surface area contributed by atoms with Gasteiger partial charge in [-0.05, 0) is 59.5 Å². The fourth-order valence-electron chi connectivity index (χ4n) is 4.30. The number of imidazole rings is 1. The van der Waals surface area contributed by atoms with E-state index >= 15 is 0 Å². The zero-order chi connectivity index (χ0) is 27.4. The molecule has 1 amide bonds. The van der Waals surface area contributed by atoms with Gasteiger partial charge >= 0.3 is 5.97 Å². The summed E-state index contributed by atoms with van der Waals surface area (Å²) in [5.74, 6) is -1.01. The van der Waals surface area contributed by atoms with Crippen LogP contribution in [0.1, 0.15) is 27.2 Å². The van der Waals surface area contributed by atoms with Gasteiger partial charge in [-0.25, -0.2) is 9.78 Å². The highest BCUT2D eigenvalue weighted by atomic mass is 35.5. The summed E-state index contributed by atoms with van der Waals surface area (Å²) in [6.45, 7) is 2.41. The van der Waals surface area contributed by atoms with Crippen molar-refractivity contribution >= 4 is 29.1 Å². The molecule has 0 fully saturated rings. The van der Waals surface area contributed by atoms with Gasteiger partial charge in [0.15, 0.2) is 0 Å². The Bertz CT molecular complexity index is 1610. The number of ether oxygens (including phenoxy) is 1. The van der Waals surface area contributed by atoms with Crippen LogP contribution in [0, 0.1) is 6.92 Å². The largest absolute Gasteiger partial charge is 0.489 e. The quantitative estimate of drug-likeness (QED) is 0.241. The van der Waals surface area contributed by atoms with Crippen molar-refractivity contribution < 1.29 is 19.4 Å². The summed E-state index contributed by atoms with van der Waals surface area (Å²) < 4.78 is 7.56. The van der Waals surface area contributed by atoms with Crippen molar-refractivity contribution in [1.29, 1.82) is 0 Å². The molecule has 2 heterocycles. The van der Waals surface area contributed by atoms with Gasteiger partial charge < -0.3 is 19.6 Å². The summed E-state index contributed by atoms with van der Waals surface area (Å²) in [7, 11) is 0. The molecular weight excluding hydrogens is 514 g/mol. The van der Waals surface area contributed by atoms with Crippen LogP contribution in [0.5, 0.6) is 5.75 Å². The first-order valence-electron chi connectivity index (χ1n) is 12.4. The van der Waals surface area contributed by atoms with E-state index in [1.54, 1.807) is 34.9 Å². The molecule has 0 aliphatic carbocycles. The third-order valence-corrected chi connectivity index (χ3v) is 6.65. The van der Waals surface area contributed by atoms with Gasteiger partial charge in [0.05, 0.1) is 0 Å². The van der Waals surface area contributed by atoms with E-state index in [0.29, 0.717) is 23.0 Å². The molecule has 39 heavy (non-hydrogen) atoms. The Hall–Kier alpha value is -4.62. The number of carbonyl (C=O) groups is 2. The first kappa shape index (κ1) is 26.0. The molecule has 0 saturated carbocycles. The summed E-state index contributed by atoms with van der Waals surface area (Å²) in [4.78, 5) is 29.4. The lowest BCUT2D eigenvalue weighted by molar-refractivity contribution is -0.139. The van der Waals surface area contributed by atoms with Crippen LogP contribution in [0.25, 0.3) is 16.8 Å². The Kier molecular flexibility index (Phi) is 7.61. The highest BCUT2D eigenvalue weighted by molar-refractivity contribution is 6.30. The van der Waals surface area contributed by atoms with Crippen LogP contribution in [-0.2, 0) is 17.8 Å². The SMILES string of the molecule is Cc1cc2nc(C(=O)NC(Cc3ccc(OCc4ccccc4)cc3)C(=O)O)cn2cc1-c1ccc(Cl)cc1. The minimum Gasteiger partial charge on any atom is -0.489 e. The van der Waals surface area contributed by atoms with E-state index in [0.717, 1.165) is 27.8 Å². The second kappa shape index (κ2) is 11.4. The van der Waals surface area contributed by atoms with Crippen LogP contribution in [0.15, 0.2) is 97.3 Å². The summed E-state index contributed by atoms with van der Waals surface area (Å²) in [5, 5.41) is 13.0. The molecular formula is C31H26ClN3O4. The third kappa shape index (κ3) is 6.27. The molecule has 7 nitrogen and oxygen atoms in total. The molecule has 0 aliphatic heterocycles. The number of aliphatic carboxylic acids is 1. The maximum Gasteiger partial charge on any atom is 0.326 e. The van der Waals surface area contributed by atoms with E-state index in [4.69, 9.17) is 16.3 Å². The number of aromatic nitrogens is 2. The Morgan fingerprint density at radius 1 is 0.974 bits per heavy atom. The van der Waals surface area contributed by atoms with Gasteiger partial charge in [-0.3, -0.25) is 4.79 Å². The zero-order valence-corrected chi connectivity index (χ0v) is 21.9. The molecule has 0 radical (unpaired) electrons. The van der Waals surface area contributed by atoms with Crippen LogP contribution in [-0.4, -0.2) is 32.4 Å². The number of carboxylic acids is 1. The topological polar surface area (TPSA) is 92.9 Å². The Morgan fingerprint density at radius 2 is 1.69 bits per heavy atom. The van der Waals surface area contributed by atoms with Gasteiger partial charge in [-0.2, -0.15) is 0 Å². The van der Waals surface area contributed by atoms with Crippen molar-refractivity contribution in [3.05, 3.63) is 125 Å². The second-order valence-corrected chi connectivity index (χ2v) is 9.69. The van der Waals surface area contributed by atoms with Gasteiger partial charge in [0, 0.05) is 29.4 Å². The van der Waals surface area contributed by atoms with E-state index in [1.165, 1.54) is 0 Å². The number of nitrogens with one attached hydrogen (secondary N) is 1. The highest BCUT2D eigenvalue weighted by Crippen LogP contribution is 2.26. The molecule has 8 heteroatoms. The second-order valence-electron chi connectivity index (χ2n) is 9.26. The van der Waals surface area contributed by atoms with Gasteiger partial charge in [-0.1, -0.05) is 66.2 Å². The van der Waals surface area contributed by atoms with Crippen LogP contribution in [0.2, 0.25) is 5.02 Å². The maximum absolute atomic E-state index is 13.0. The molecule has 5 aromatic rings. The predicted octanol–water partition coefficient (Wildman–Crippen LogP) is 5.97. The highest BCUT2D eigenvalue weighted by Gasteiger charge is 2.23. The number of nitrogens with zero attached hydrogens (tertiary/aromatic N) is 2. The van der Waals surface area contributed by atoms with Crippen molar-refractivity contribution in [3.63, 3.8) is 0 Å². The summed E-state index contributed by atoms with van der Waals surface area (Å²) in [6.07, 6.45) is 3.61. The smallest absolute Gasteiger partial charge is 0.326 e. The van der Waals surface area contributed by atoms with E-state index in [-0.39, 0.29) is 12.1 Å². The van der Waals surface area contributed by atoms with Crippen molar-refractivity contribution in [3.8, 4) is 16.9 Å². The average molecular weight is 540 g/mol. The van der Waals surface area contributed by atoms with Gasteiger partial charge in [-0.15, -0.1) is 0 Å². The van der Waals surface area contributed by atoms with Crippen molar-refractivity contribution in [2.24, 2.45) is 0 Å². The van der Waals surface area contributed by atoms with E-state index in [2.05, 4.69) is 10.3 Å². The number of halogens is 1. The van der Waals surface area contributed by atoms with E-state index in [9.17, 15) is 14.7 Å². The lowest BCUT2D eigenvalue weighted by Crippen LogP contribution is -2.42. The normalized spacial score (nSPS) is 11.7. The number of carboxylic acid groups (broad SMARTS) is 1. The molecule has 2 N–H and O–H groups in total. The maximum atomic E-state index is 13.0. The Balaban J connectivity index is 1.26. The minimum absolute atomic E-state index is 0.118. The van der Waals surface area contributed by atoms with Crippen molar-refractivity contribution in [2.45, 2.75) is 26.0 Å². The molecule has 0 bridgehead atoms. The molecule has 196 valence electrons. The number of rotatable bonds is 9. The Labute approximate surface area is 230 Å². The van der Waals surface area contributed by atoms with Crippen LogP contribution >= 0.6 is 11.6 Å². The number of fused-ring (bicyclic) bond motifs is 1. The number of hydrogen-bond donors (Lipinski definition) is 2. The van der Waals surface area contributed by atoms with E-state index in [1.807, 2.05) is 73.8 Å². The monoisotopic (exact) mass is 539 g/mol. The van der Waals surface area contributed by atoms with Gasteiger partial charge in [0.25, 0.3) is 5.91 Å². The summed E-state index contributed by atoms with van der Waals surface area (Å²) >= 11 is 6.02. The average Bonchev–Trinajstić information content (AvgIpc) is 3.36. The molecule has 0 saturated heterocycles. The van der Waals surface area contributed by atoms with Crippen molar-refractivity contribution in [2.75, 3.05) is 0 Å². The van der Waals surface area contributed by atoms with Crippen LogP contribution < -0.4 is 10.1 Å². The summed E-state index contributed by atoms with van der Waals surface area (Å²) in [6, 6.07) is 25.3. The minimum atomic E-state index is -1.13. The predicted molar refractivity (Wildman–Crippen MR) is 150 cm³/mol. The molecule has 2 aromatic heterocycles. The molecule has 3 aromatic carbocycles. The number of carbonyl (C=O) groups excluding carboxylic acids is 1.